The minimum atomic E-state index is -4.37. The average Bonchev–Trinajstić information content (AvgIpc) is 2.86. The number of ether oxygens (including phenoxy) is 1. The molecular weight excluding hydrogens is 660 g/mol. The summed E-state index contributed by atoms with van der Waals surface area (Å²) in [5.74, 6) is -0.924. The fraction of sp³-hybridized carbons (Fsp3) is 0.0435. The number of hydrogen-bond donors (Lipinski definition) is 1. The van der Waals surface area contributed by atoms with Gasteiger partial charge >= 0.3 is 10.1 Å². The first kappa shape index (κ1) is 28.2. The van der Waals surface area contributed by atoms with Crippen molar-refractivity contribution in [3.05, 3.63) is 89.5 Å². The number of nitro benzene ring substituents is 1. The molecule has 0 aromatic heterocycles. The molecule has 0 aliphatic carbocycles. The van der Waals surface area contributed by atoms with Crippen LogP contribution < -0.4 is 14.2 Å². The normalized spacial score (nSPS) is 11.4. The molecule has 0 aliphatic rings. The molecule has 0 aliphatic heterocycles. The van der Waals surface area contributed by atoms with E-state index in [9.17, 15) is 28.6 Å². The second-order valence-corrected chi connectivity index (χ2v) is 10.6. The first-order valence-electron chi connectivity index (χ1n) is 9.90. The number of para-hydroxylation sites is 1. The van der Waals surface area contributed by atoms with Gasteiger partial charge in [-0.3, -0.25) is 14.9 Å². The molecular formula is C23H14Cl2IN3O7S. The van der Waals surface area contributed by atoms with Gasteiger partial charge in [-0.05, 0) is 70.6 Å². The van der Waals surface area contributed by atoms with E-state index < -0.39 is 20.9 Å². The molecule has 1 amide bonds. The van der Waals surface area contributed by atoms with Gasteiger partial charge in [0.2, 0.25) is 0 Å². The number of nitro groups is 1. The third kappa shape index (κ3) is 6.69. The van der Waals surface area contributed by atoms with E-state index in [1.54, 1.807) is 34.7 Å². The highest BCUT2D eigenvalue weighted by Gasteiger charge is 2.23. The zero-order chi connectivity index (χ0) is 27.3. The molecule has 0 atom stereocenters. The van der Waals surface area contributed by atoms with Gasteiger partial charge in [0.15, 0.2) is 11.5 Å². The highest BCUT2D eigenvalue weighted by molar-refractivity contribution is 14.1. The predicted octanol–water partition coefficient (Wildman–Crippen LogP) is 5.83. The monoisotopic (exact) mass is 673 g/mol. The molecule has 0 radical (unpaired) electrons. The van der Waals surface area contributed by atoms with Crippen LogP contribution in [0.1, 0.15) is 5.56 Å². The Labute approximate surface area is 234 Å². The van der Waals surface area contributed by atoms with Gasteiger partial charge in [0.05, 0.1) is 31.3 Å². The fourth-order valence-corrected chi connectivity index (χ4v) is 5.24. The number of anilines is 1. The van der Waals surface area contributed by atoms with E-state index in [-0.39, 0.29) is 47.0 Å². The summed E-state index contributed by atoms with van der Waals surface area (Å²) in [6.07, 6.45) is 1.26. The van der Waals surface area contributed by atoms with Crippen LogP contribution in [-0.2, 0) is 14.9 Å². The maximum atomic E-state index is 12.7. The van der Waals surface area contributed by atoms with Crippen LogP contribution in [0.5, 0.6) is 11.5 Å². The number of carbonyl (C=O) groups is 1. The Kier molecular flexibility index (Phi) is 8.98. The summed E-state index contributed by atoms with van der Waals surface area (Å²) in [6, 6.07) is 13.5. The molecule has 3 rings (SSSR count). The SMILES string of the molecule is COc1cc(/C=C(\C#N)C(=O)Nc2c(Cl)cccc2Cl)cc(I)c1OS(=O)(=O)c1ccc([N+](=O)[O-])cc1. The molecule has 0 unspecified atom stereocenters. The molecule has 0 spiro atoms. The lowest BCUT2D eigenvalue weighted by Gasteiger charge is -2.14. The third-order valence-corrected chi connectivity index (χ3v) is 7.33. The van der Waals surface area contributed by atoms with E-state index in [0.717, 1.165) is 24.3 Å². The van der Waals surface area contributed by atoms with E-state index in [2.05, 4.69) is 5.32 Å². The number of methoxy groups -OCH3 is 1. The minimum Gasteiger partial charge on any atom is -0.493 e. The number of halogens is 3. The molecule has 190 valence electrons. The van der Waals surface area contributed by atoms with Crippen LogP contribution in [0.25, 0.3) is 6.08 Å². The van der Waals surface area contributed by atoms with Crippen molar-refractivity contribution in [3.8, 4) is 17.6 Å². The molecule has 0 saturated carbocycles. The van der Waals surface area contributed by atoms with Gasteiger partial charge in [-0.15, -0.1) is 0 Å². The number of amides is 1. The standard InChI is InChI=1S/C23H14Cl2IN3O7S/c1-35-20-11-13(9-14(12-27)23(30)28-21-17(24)3-2-4-18(21)25)10-19(26)22(20)36-37(33,34)16-7-5-15(6-8-16)29(31)32/h2-11H,1H3,(H,28,30)/b14-9+. The number of rotatable bonds is 8. The molecule has 14 heteroatoms. The Bertz CT molecular complexity index is 1550. The van der Waals surface area contributed by atoms with Gasteiger partial charge in [0.25, 0.3) is 11.6 Å². The van der Waals surface area contributed by atoms with Gasteiger partial charge in [-0.2, -0.15) is 13.7 Å². The summed E-state index contributed by atoms with van der Waals surface area (Å²) < 4.78 is 36.3. The number of nitrogens with one attached hydrogen (secondary N) is 1. The number of nitrogens with zero attached hydrogens (tertiary/aromatic N) is 2. The van der Waals surface area contributed by atoms with Crippen LogP contribution in [0.15, 0.2) is 65.1 Å². The number of hydrogen-bond acceptors (Lipinski definition) is 8. The highest BCUT2D eigenvalue weighted by Crippen LogP contribution is 2.37. The summed E-state index contributed by atoms with van der Waals surface area (Å²) in [7, 11) is -3.09. The lowest BCUT2D eigenvalue weighted by atomic mass is 10.1. The van der Waals surface area contributed by atoms with Crippen molar-refractivity contribution >= 4 is 79.3 Å². The van der Waals surface area contributed by atoms with Crippen LogP contribution in [0.2, 0.25) is 10.0 Å². The van der Waals surface area contributed by atoms with Crippen LogP contribution in [0, 0.1) is 25.0 Å². The summed E-state index contributed by atoms with van der Waals surface area (Å²) in [6.45, 7) is 0. The first-order chi connectivity index (χ1) is 17.5. The van der Waals surface area contributed by atoms with Crippen molar-refractivity contribution < 1.29 is 27.1 Å². The smallest absolute Gasteiger partial charge is 0.339 e. The van der Waals surface area contributed by atoms with Crippen LogP contribution in [-0.4, -0.2) is 26.4 Å². The number of non-ortho nitro benzene ring substituents is 1. The van der Waals surface area contributed by atoms with Crippen molar-refractivity contribution in [2.24, 2.45) is 0 Å². The van der Waals surface area contributed by atoms with Gasteiger partial charge in [0.1, 0.15) is 16.5 Å². The average molecular weight is 674 g/mol. The van der Waals surface area contributed by atoms with Gasteiger partial charge < -0.3 is 14.2 Å². The van der Waals surface area contributed by atoms with Crippen molar-refractivity contribution in [1.82, 2.24) is 0 Å². The molecule has 0 fully saturated rings. The molecule has 3 aromatic rings. The Balaban J connectivity index is 1.92. The topological polar surface area (TPSA) is 149 Å². The maximum absolute atomic E-state index is 12.7. The molecule has 0 bridgehead atoms. The Hall–Kier alpha value is -3.38. The number of nitriles is 1. The fourth-order valence-electron chi connectivity index (χ4n) is 2.91. The second-order valence-electron chi connectivity index (χ2n) is 7.04. The van der Waals surface area contributed by atoms with Crippen molar-refractivity contribution in [2.75, 3.05) is 12.4 Å². The maximum Gasteiger partial charge on any atom is 0.339 e. The van der Waals surface area contributed by atoms with E-state index in [4.69, 9.17) is 32.1 Å². The Morgan fingerprint density at radius 2 is 1.78 bits per heavy atom. The minimum absolute atomic E-state index is 0.00418. The van der Waals surface area contributed by atoms with Crippen LogP contribution in [0.4, 0.5) is 11.4 Å². The summed E-state index contributed by atoms with van der Waals surface area (Å²) in [4.78, 5) is 22.5. The van der Waals surface area contributed by atoms with Gasteiger partial charge in [-0.25, -0.2) is 0 Å². The lowest BCUT2D eigenvalue weighted by molar-refractivity contribution is -0.384. The zero-order valence-electron chi connectivity index (χ0n) is 18.6. The quantitative estimate of drug-likeness (QED) is 0.0784. The van der Waals surface area contributed by atoms with Crippen molar-refractivity contribution in [3.63, 3.8) is 0 Å². The van der Waals surface area contributed by atoms with E-state index >= 15 is 0 Å². The first-order valence-corrected chi connectivity index (χ1v) is 13.1. The molecule has 0 saturated heterocycles. The zero-order valence-corrected chi connectivity index (χ0v) is 23.1. The van der Waals surface area contributed by atoms with Crippen molar-refractivity contribution in [1.29, 1.82) is 5.26 Å². The van der Waals surface area contributed by atoms with E-state index in [0.29, 0.717) is 5.56 Å². The second kappa shape index (κ2) is 11.8. The Morgan fingerprint density at radius 1 is 1.16 bits per heavy atom. The number of benzene rings is 3. The molecule has 3 aromatic carbocycles. The van der Waals surface area contributed by atoms with E-state index in [1.165, 1.54) is 37.5 Å². The van der Waals surface area contributed by atoms with Gasteiger partial charge in [-0.1, -0.05) is 29.3 Å². The number of carbonyl (C=O) groups excluding carboxylic acids is 1. The predicted molar refractivity (Wildman–Crippen MR) is 145 cm³/mol. The summed E-state index contributed by atoms with van der Waals surface area (Å²) in [5, 5.41) is 23.2. The lowest BCUT2D eigenvalue weighted by Crippen LogP contribution is -2.14. The molecule has 1 N–H and O–H groups in total. The van der Waals surface area contributed by atoms with E-state index in [1.807, 2.05) is 0 Å². The third-order valence-electron chi connectivity index (χ3n) is 4.66. The van der Waals surface area contributed by atoms with Crippen molar-refractivity contribution in [2.45, 2.75) is 4.90 Å². The Morgan fingerprint density at radius 3 is 2.32 bits per heavy atom. The molecule has 0 heterocycles. The largest absolute Gasteiger partial charge is 0.493 e. The van der Waals surface area contributed by atoms with Crippen LogP contribution in [0.3, 0.4) is 0 Å². The molecule has 10 nitrogen and oxygen atoms in total. The summed E-state index contributed by atoms with van der Waals surface area (Å²) >= 11 is 13.9. The van der Waals surface area contributed by atoms with Gasteiger partial charge in [0, 0.05) is 12.1 Å². The summed E-state index contributed by atoms with van der Waals surface area (Å²) in [5.41, 5.74) is -0.0972. The molecule has 37 heavy (non-hydrogen) atoms. The highest BCUT2D eigenvalue weighted by atomic mass is 127. The van der Waals surface area contributed by atoms with Crippen LogP contribution >= 0.6 is 45.8 Å².